The van der Waals surface area contributed by atoms with Gasteiger partial charge in [-0.3, -0.25) is 39.1 Å². The zero-order valence-electron chi connectivity index (χ0n) is 28.7. The number of amides is 2. The van der Waals surface area contributed by atoms with Crippen molar-refractivity contribution in [2.24, 2.45) is 5.73 Å². The van der Waals surface area contributed by atoms with Gasteiger partial charge in [-0.25, -0.2) is 23.3 Å². The summed E-state index contributed by atoms with van der Waals surface area (Å²) >= 11 is 0. The molecule has 28 heteroatoms. The highest BCUT2D eigenvalue weighted by Crippen LogP contribution is 2.66. The number of nitro groups is 1. The van der Waals surface area contributed by atoms with E-state index >= 15 is 0 Å². The third-order valence-corrected chi connectivity index (χ3v) is 11.2. The van der Waals surface area contributed by atoms with Gasteiger partial charge in [0.2, 0.25) is 5.91 Å². The van der Waals surface area contributed by atoms with Crippen molar-refractivity contribution < 1.29 is 75.5 Å². The van der Waals surface area contributed by atoms with Gasteiger partial charge >= 0.3 is 35.3 Å². The largest absolute Gasteiger partial charge is 0.490 e. The quantitative estimate of drug-likeness (QED) is 0.0389. The van der Waals surface area contributed by atoms with Crippen molar-refractivity contribution in [3.8, 4) is 0 Å². The third-order valence-electron chi connectivity index (χ3n) is 7.40. The molecule has 55 heavy (non-hydrogen) atoms. The van der Waals surface area contributed by atoms with E-state index < -0.39 is 76.9 Å². The predicted octanol–water partition coefficient (Wildman–Crippen LogP) is 1.03. The summed E-state index contributed by atoms with van der Waals surface area (Å²) in [5.74, 6) is -0.216. The highest BCUT2D eigenvalue weighted by Gasteiger charge is 2.43. The first-order chi connectivity index (χ1) is 25.6. The lowest BCUT2D eigenvalue weighted by Crippen LogP contribution is -2.33. The van der Waals surface area contributed by atoms with Gasteiger partial charge in [0.25, 0.3) is 11.2 Å². The summed E-state index contributed by atoms with van der Waals surface area (Å²) in [6.07, 6.45) is -1.45. The SMILES string of the molecule is CC(OC(=O)N/C=C/c1cn([C@H]2C[C@H](O)[C@@H](COP(=O)(O)OP(=O)(O)OP(=O)(O)O)O2)c(=O)[nH]c1=O)c1cc(CNC(=O)CCCCCN)ccc1[N+](=O)[O-]. The molecule has 1 saturated heterocycles. The fourth-order valence-electron chi connectivity index (χ4n) is 4.90. The molecule has 0 aliphatic carbocycles. The number of hydrogen-bond acceptors (Lipinski definition) is 16. The van der Waals surface area contributed by atoms with Crippen LogP contribution in [0.1, 0.15) is 68.1 Å². The minimum atomic E-state index is -5.81. The molecule has 1 aliphatic heterocycles. The number of aliphatic hydroxyl groups excluding tert-OH is 1. The van der Waals surface area contributed by atoms with Gasteiger partial charge in [0.15, 0.2) is 0 Å². The molecule has 25 nitrogen and oxygen atoms in total. The van der Waals surface area contributed by atoms with Crippen molar-refractivity contribution in [2.45, 2.75) is 70.1 Å². The zero-order chi connectivity index (χ0) is 41.1. The average Bonchev–Trinajstić information content (AvgIpc) is 3.43. The van der Waals surface area contributed by atoms with Crippen LogP contribution in [-0.4, -0.2) is 76.5 Å². The Bertz CT molecular complexity index is 2000. The van der Waals surface area contributed by atoms with Crippen molar-refractivity contribution in [3.63, 3.8) is 0 Å². The second-order valence-electron chi connectivity index (χ2n) is 11.6. The maximum absolute atomic E-state index is 12.6. The lowest BCUT2D eigenvalue weighted by molar-refractivity contribution is -0.386. The molecule has 10 N–H and O–H groups in total. The summed E-state index contributed by atoms with van der Waals surface area (Å²) < 4.78 is 57.5. The number of aromatic nitrogens is 2. The fraction of sp³-hybridized carbons (Fsp3) is 0.481. The number of phosphoric ester groups is 1. The van der Waals surface area contributed by atoms with E-state index in [1.165, 1.54) is 25.1 Å². The number of carbonyl (C=O) groups excluding carboxylic acids is 2. The smallest absolute Gasteiger partial charge is 0.441 e. The van der Waals surface area contributed by atoms with Crippen LogP contribution in [-0.2, 0) is 47.7 Å². The molecular formula is C27H39N6O19P3. The Hall–Kier alpha value is -3.93. The molecule has 306 valence electrons. The number of aromatic amines is 1. The number of benzene rings is 1. The monoisotopic (exact) mass is 844 g/mol. The lowest BCUT2D eigenvalue weighted by atomic mass is 10.0. The van der Waals surface area contributed by atoms with Crippen LogP contribution in [0.5, 0.6) is 0 Å². The number of nitrogens with two attached hydrogens (primary N) is 1. The van der Waals surface area contributed by atoms with E-state index in [0.29, 0.717) is 18.5 Å². The maximum Gasteiger partial charge on any atom is 0.490 e. The Labute approximate surface area is 310 Å². The van der Waals surface area contributed by atoms with E-state index in [1.54, 1.807) is 0 Å². The van der Waals surface area contributed by atoms with Gasteiger partial charge in [0, 0.05) is 37.8 Å². The van der Waals surface area contributed by atoms with E-state index in [2.05, 4.69) is 23.8 Å². The Morgan fingerprint density at radius 3 is 2.51 bits per heavy atom. The molecular weight excluding hydrogens is 805 g/mol. The minimum absolute atomic E-state index is 0.0291. The molecule has 0 saturated carbocycles. The number of hydrogen-bond donors (Lipinski definition) is 9. The fourth-order valence-corrected chi connectivity index (χ4v) is 7.93. The van der Waals surface area contributed by atoms with Gasteiger partial charge in [-0.05, 0) is 44.0 Å². The standard InChI is InChI=1S/C27H39N6O19P3/c1-16(19-11-17(6-7-20(19)33(39)40)13-30-23(35)5-3-2-4-9-28)49-27(38)29-10-8-18-14-32(26(37)31-25(18)36)24-12-21(34)22(50-24)15-48-54(44,45)52-55(46,47)51-53(41,42)43/h6-8,10-11,14,16,21-22,24,34H,2-5,9,12-13,15,28H2,1H3,(H,29,38)(H,30,35)(H,44,45)(H,46,47)(H,31,36,37)(H2,41,42,43)/b10-8+/t16?,21-,22+,24+/m0/s1. The Morgan fingerprint density at radius 2 is 1.85 bits per heavy atom. The molecule has 2 aromatic rings. The van der Waals surface area contributed by atoms with E-state index in [1.807, 2.05) is 4.98 Å². The number of rotatable bonds is 20. The molecule has 2 amide bonds. The first-order valence-corrected chi connectivity index (χ1v) is 20.5. The second-order valence-corrected chi connectivity index (χ2v) is 16.0. The summed E-state index contributed by atoms with van der Waals surface area (Å²) in [5.41, 5.74) is 3.43. The Morgan fingerprint density at radius 1 is 1.15 bits per heavy atom. The topological polar surface area (TPSA) is 381 Å². The van der Waals surface area contributed by atoms with Gasteiger partial charge in [0.05, 0.1) is 28.8 Å². The van der Waals surface area contributed by atoms with Gasteiger partial charge < -0.3 is 45.2 Å². The van der Waals surface area contributed by atoms with Crippen LogP contribution in [0.4, 0.5) is 10.5 Å². The third kappa shape index (κ3) is 14.9. The van der Waals surface area contributed by atoms with Crippen LogP contribution in [0.15, 0.2) is 40.2 Å². The lowest BCUT2D eigenvalue weighted by Gasteiger charge is -2.19. The Kier molecular flexibility index (Phi) is 16.3. The van der Waals surface area contributed by atoms with E-state index in [9.17, 15) is 57.9 Å². The molecule has 0 spiro atoms. The molecule has 0 bridgehead atoms. The van der Waals surface area contributed by atoms with Crippen LogP contribution in [0, 0.1) is 10.1 Å². The summed E-state index contributed by atoms with van der Waals surface area (Å²) in [4.78, 5) is 98.8. The van der Waals surface area contributed by atoms with E-state index in [0.717, 1.165) is 35.9 Å². The van der Waals surface area contributed by atoms with Crippen molar-refractivity contribution in [3.05, 3.63) is 78.2 Å². The van der Waals surface area contributed by atoms with Crippen LogP contribution < -0.4 is 27.6 Å². The Balaban J connectivity index is 1.62. The molecule has 1 aromatic carbocycles. The van der Waals surface area contributed by atoms with Crippen LogP contribution in [0.2, 0.25) is 0 Å². The van der Waals surface area contributed by atoms with Gasteiger partial charge in [0.1, 0.15) is 18.4 Å². The van der Waals surface area contributed by atoms with E-state index in [4.69, 9.17) is 25.0 Å². The average molecular weight is 845 g/mol. The van der Waals surface area contributed by atoms with Gasteiger partial charge in [-0.2, -0.15) is 8.62 Å². The predicted molar refractivity (Wildman–Crippen MR) is 185 cm³/mol. The van der Waals surface area contributed by atoms with Crippen LogP contribution in [0.3, 0.4) is 0 Å². The highest BCUT2D eigenvalue weighted by atomic mass is 31.3. The second kappa shape index (κ2) is 19.8. The van der Waals surface area contributed by atoms with Crippen molar-refractivity contribution in [1.29, 1.82) is 0 Å². The number of alkyl carbamates (subject to hydrolysis) is 1. The first-order valence-electron chi connectivity index (χ1n) is 15.9. The minimum Gasteiger partial charge on any atom is -0.441 e. The molecule has 1 aliphatic rings. The van der Waals surface area contributed by atoms with Crippen molar-refractivity contribution in [2.75, 3.05) is 13.2 Å². The molecule has 3 rings (SSSR count). The number of nitrogens with zero attached hydrogens (tertiary/aromatic N) is 2. The van der Waals surface area contributed by atoms with Gasteiger partial charge in [-0.1, -0.05) is 12.5 Å². The van der Waals surface area contributed by atoms with Gasteiger partial charge in [-0.15, -0.1) is 0 Å². The molecule has 3 unspecified atom stereocenters. The number of aliphatic hydroxyl groups is 1. The van der Waals surface area contributed by atoms with E-state index in [-0.39, 0.29) is 42.1 Å². The number of unbranched alkanes of at least 4 members (excludes halogenated alkanes) is 2. The highest BCUT2D eigenvalue weighted by molar-refractivity contribution is 7.66. The number of nitrogens with one attached hydrogen (secondary N) is 3. The summed E-state index contributed by atoms with van der Waals surface area (Å²) in [6.45, 7) is 0.943. The maximum atomic E-state index is 12.6. The number of carbonyl (C=O) groups is 2. The van der Waals surface area contributed by atoms with Crippen molar-refractivity contribution in [1.82, 2.24) is 20.2 Å². The molecule has 6 atom stereocenters. The first kappa shape index (κ1) is 45.5. The molecule has 1 aromatic heterocycles. The van der Waals surface area contributed by atoms with Crippen LogP contribution in [0.25, 0.3) is 6.08 Å². The number of phosphoric acid groups is 3. The number of H-pyrrole nitrogens is 1. The summed E-state index contributed by atoms with van der Waals surface area (Å²) in [6, 6.07) is 4.07. The summed E-state index contributed by atoms with van der Waals surface area (Å²) in [5, 5.41) is 27.0. The number of ether oxygens (including phenoxy) is 2. The normalized spacial score (nSPS) is 20.0. The summed E-state index contributed by atoms with van der Waals surface area (Å²) in [7, 11) is -17.0. The number of nitro benzene ring substituents is 1. The zero-order valence-corrected chi connectivity index (χ0v) is 31.4. The molecule has 1 fully saturated rings. The van der Waals surface area contributed by atoms with Crippen LogP contribution >= 0.6 is 23.5 Å². The van der Waals surface area contributed by atoms with Crippen molar-refractivity contribution >= 4 is 47.2 Å². The molecule has 2 heterocycles. The molecule has 0 radical (unpaired) electrons.